The van der Waals surface area contributed by atoms with E-state index in [0.717, 1.165) is 76.5 Å². The van der Waals surface area contributed by atoms with E-state index in [2.05, 4.69) is 84.0 Å². The lowest BCUT2D eigenvalue weighted by molar-refractivity contribution is 0.0497. The van der Waals surface area contributed by atoms with Gasteiger partial charge in [0.1, 0.15) is 17.2 Å². The molecule has 44 heavy (non-hydrogen) atoms. The van der Waals surface area contributed by atoms with Gasteiger partial charge in [0.15, 0.2) is 5.65 Å². The average molecular weight is 592 g/mol. The Bertz CT molecular complexity index is 1780. The summed E-state index contributed by atoms with van der Waals surface area (Å²) < 4.78 is 7.37. The van der Waals surface area contributed by atoms with Crippen molar-refractivity contribution >= 4 is 34.3 Å². The summed E-state index contributed by atoms with van der Waals surface area (Å²) in [7, 11) is 0. The number of piperidine rings is 1. The van der Waals surface area contributed by atoms with Gasteiger partial charge >= 0.3 is 6.09 Å². The van der Waals surface area contributed by atoms with Crippen LogP contribution in [0.1, 0.15) is 64.5 Å². The Morgan fingerprint density at radius 1 is 1.00 bits per heavy atom. The number of rotatable bonds is 7. The predicted molar refractivity (Wildman–Crippen MR) is 176 cm³/mol. The van der Waals surface area contributed by atoms with E-state index in [4.69, 9.17) is 19.8 Å². The number of hydrogen-bond donors (Lipinski definition) is 2. The molecule has 1 fully saturated rings. The molecule has 0 unspecified atom stereocenters. The number of ether oxygens (including phenoxy) is 1. The molecule has 0 saturated carbocycles. The van der Waals surface area contributed by atoms with Gasteiger partial charge in [0.2, 0.25) is 0 Å². The van der Waals surface area contributed by atoms with Crippen LogP contribution >= 0.6 is 0 Å². The summed E-state index contributed by atoms with van der Waals surface area (Å²) in [6, 6.07) is 23.0. The Kier molecular flexibility index (Phi) is 8.12. The molecule has 3 aromatic heterocycles. The molecule has 9 heteroatoms. The topological polar surface area (TPSA) is 96.7 Å². The third-order valence-electron chi connectivity index (χ3n) is 8.00. The predicted octanol–water partition coefficient (Wildman–Crippen LogP) is 7.17. The quantitative estimate of drug-likeness (QED) is 0.207. The number of aromatic nitrogens is 4. The van der Waals surface area contributed by atoms with Crippen molar-refractivity contribution in [2.75, 3.05) is 23.3 Å². The molecule has 2 aromatic carbocycles. The van der Waals surface area contributed by atoms with Crippen LogP contribution in [0, 0.1) is 0 Å². The lowest BCUT2D eigenvalue weighted by atomic mass is 10.0. The second-order valence-electron chi connectivity index (χ2n) is 12.8. The van der Waals surface area contributed by atoms with Crippen LogP contribution in [0.15, 0.2) is 72.9 Å². The summed E-state index contributed by atoms with van der Waals surface area (Å²) in [5.74, 6) is 2.07. The Morgan fingerprint density at radius 2 is 1.75 bits per heavy atom. The number of fused-ring (bicyclic) bond motifs is 2. The Hall–Kier alpha value is -4.66. The van der Waals surface area contributed by atoms with E-state index in [1.807, 2.05) is 43.6 Å². The molecule has 4 heterocycles. The second-order valence-corrected chi connectivity index (χ2v) is 12.8. The monoisotopic (exact) mass is 591 g/mol. The van der Waals surface area contributed by atoms with Crippen molar-refractivity contribution in [1.82, 2.24) is 24.9 Å². The van der Waals surface area contributed by atoms with Crippen LogP contribution < -0.4 is 15.5 Å². The van der Waals surface area contributed by atoms with Gasteiger partial charge in [-0.3, -0.25) is 0 Å². The number of carbonyl (C=O) groups excluding carboxylic acids is 1. The smallest absolute Gasteiger partial charge is 0.407 e. The highest BCUT2D eigenvalue weighted by Gasteiger charge is 2.25. The number of alkyl carbamates (subject to hydrolysis) is 1. The first kappa shape index (κ1) is 29.4. The zero-order chi connectivity index (χ0) is 30.8. The normalized spacial score (nSPS) is 14.4. The molecule has 1 aliphatic rings. The van der Waals surface area contributed by atoms with Gasteiger partial charge in [-0.2, -0.15) is 9.61 Å². The van der Waals surface area contributed by atoms with Crippen molar-refractivity contribution in [1.29, 1.82) is 0 Å². The maximum atomic E-state index is 12.3. The van der Waals surface area contributed by atoms with Crippen LogP contribution in [0.3, 0.4) is 0 Å². The molecular formula is C35H41N7O2. The van der Waals surface area contributed by atoms with Gasteiger partial charge in [-0.1, -0.05) is 62.4 Å². The zero-order valence-electron chi connectivity index (χ0n) is 26.2. The van der Waals surface area contributed by atoms with Crippen LogP contribution in [0.5, 0.6) is 0 Å². The first-order valence-electron chi connectivity index (χ1n) is 15.5. The van der Waals surface area contributed by atoms with Crippen molar-refractivity contribution in [3.05, 3.63) is 84.1 Å². The molecule has 1 aliphatic heterocycles. The summed E-state index contributed by atoms with van der Waals surface area (Å²) in [6.07, 6.45) is 3.20. The standard InChI is InChI=1S/C35H41N7O2/c1-23(2)28-22-37-42-31(20-32(40-33(28)42)41-18-16-26(17-19-41)38-34(43)44-35(3,4)5)36-21-25-11-6-8-12-27(25)30-15-14-24-10-7-9-13-29(24)39-30/h6-15,20,22-23,26,36H,16-19,21H2,1-5H3,(H,38,43). The minimum Gasteiger partial charge on any atom is -0.444 e. The summed E-state index contributed by atoms with van der Waals surface area (Å²) in [4.78, 5) is 24.7. The third kappa shape index (κ3) is 6.46. The SMILES string of the molecule is CC(C)c1cnn2c(NCc3ccccc3-c3ccc4ccccc4n3)cc(N3CCC(NC(=O)OC(C)(C)C)CC3)nc12. The highest BCUT2D eigenvalue weighted by molar-refractivity contribution is 5.82. The van der Waals surface area contributed by atoms with Crippen LogP contribution in [0.4, 0.5) is 16.4 Å². The number of amides is 1. The molecule has 9 nitrogen and oxygen atoms in total. The fourth-order valence-corrected chi connectivity index (χ4v) is 5.72. The summed E-state index contributed by atoms with van der Waals surface area (Å²) in [6.45, 7) is 12.1. The number of carbonyl (C=O) groups is 1. The number of nitrogens with zero attached hydrogens (tertiary/aromatic N) is 5. The van der Waals surface area contributed by atoms with Crippen molar-refractivity contribution in [3.63, 3.8) is 0 Å². The molecule has 0 atom stereocenters. The Morgan fingerprint density at radius 3 is 2.52 bits per heavy atom. The summed E-state index contributed by atoms with van der Waals surface area (Å²) in [5.41, 5.74) is 5.63. The van der Waals surface area contributed by atoms with Gasteiger partial charge in [0.05, 0.1) is 17.4 Å². The molecule has 2 N–H and O–H groups in total. The maximum Gasteiger partial charge on any atom is 0.407 e. The lowest BCUT2D eigenvalue weighted by Gasteiger charge is -2.33. The van der Waals surface area contributed by atoms with Crippen molar-refractivity contribution in [2.45, 2.75) is 71.6 Å². The summed E-state index contributed by atoms with van der Waals surface area (Å²) >= 11 is 0. The number of anilines is 2. The van der Waals surface area contributed by atoms with E-state index in [0.29, 0.717) is 6.54 Å². The van der Waals surface area contributed by atoms with Crippen molar-refractivity contribution < 1.29 is 9.53 Å². The van der Waals surface area contributed by atoms with Gasteiger partial charge in [-0.25, -0.2) is 14.8 Å². The molecule has 0 bridgehead atoms. The third-order valence-corrected chi connectivity index (χ3v) is 8.00. The summed E-state index contributed by atoms with van der Waals surface area (Å²) in [5, 5.41) is 12.6. The molecule has 1 amide bonds. The van der Waals surface area contributed by atoms with Crippen LogP contribution in [-0.4, -0.2) is 50.4 Å². The van der Waals surface area contributed by atoms with E-state index in [1.165, 1.54) is 0 Å². The van der Waals surface area contributed by atoms with Gasteiger partial charge in [0.25, 0.3) is 0 Å². The Labute approximate surface area is 258 Å². The number of para-hydroxylation sites is 1. The molecule has 6 rings (SSSR count). The van der Waals surface area contributed by atoms with Gasteiger partial charge in [0, 0.05) is 48.3 Å². The van der Waals surface area contributed by atoms with E-state index >= 15 is 0 Å². The molecular weight excluding hydrogens is 550 g/mol. The molecule has 228 valence electrons. The molecule has 0 spiro atoms. The average Bonchev–Trinajstić information content (AvgIpc) is 3.44. The first-order chi connectivity index (χ1) is 21.1. The van der Waals surface area contributed by atoms with Gasteiger partial charge in [-0.05, 0) is 57.2 Å². The zero-order valence-corrected chi connectivity index (χ0v) is 26.2. The second kappa shape index (κ2) is 12.1. The highest BCUT2D eigenvalue weighted by atomic mass is 16.6. The van der Waals surface area contributed by atoms with E-state index in [9.17, 15) is 4.79 Å². The van der Waals surface area contributed by atoms with Crippen LogP contribution in [-0.2, 0) is 11.3 Å². The minimum absolute atomic E-state index is 0.0730. The largest absolute Gasteiger partial charge is 0.444 e. The van der Waals surface area contributed by atoms with E-state index in [1.54, 1.807) is 0 Å². The van der Waals surface area contributed by atoms with Crippen LogP contribution in [0.25, 0.3) is 27.8 Å². The number of hydrogen-bond acceptors (Lipinski definition) is 7. The van der Waals surface area contributed by atoms with E-state index in [-0.39, 0.29) is 18.1 Å². The minimum atomic E-state index is -0.515. The number of pyridine rings is 1. The molecule has 5 aromatic rings. The van der Waals surface area contributed by atoms with E-state index < -0.39 is 5.60 Å². The van der Waals surface area contributed by atoms with Crippen molar-refractivity contribution in [3.8, 4) is 11.3 Å². The fourth-order valence-electron chi connectivity index (χ4n) is 5.72. The highest BCUT2D eigenvalue weighted by Crippen LogP contribution is 2.29. The maximum absolute atomic E-state index is 12.3. The lowest BCUT2D eigenvalue weighted by Crippen LogP contribution is -2.46. The first-order valence-corrected chi connectivity index (χ1v) is 15.5. The van der Waals surface area contributed by atoms with Gasteiger partial charge < -0.3 is 20.3 Å². The number of nitrogens with one attached hydrogen (secondary N) is 2. The fraction of sp³-hybridized carbons (Fsp3) is 0.371. The van der Waals surface area contributed by atoms with Crippen molar-refractivity contribution in [2.24, 2.45) is 0 Å². The molecule has 1 saturated heterocycles. The van der Waals surface area contributed by atoms with Gasteiger partial charge in [-0.15, -0.1) is 0 Å². The number of benzene rings is 2. The molecule has 0 radical (unpaired) electrons. The molecule has 0 aliphatic carbocycles. The van der Waals surface area contributed by atoms with Crippen LogP contribution in [0.2, 0.25) is 0 Å². The Balaban J connectivity index is 1.24.